The highest BCUT2D eigenvalue weighted by Crippen LogP contribution is 2.24. The van der Waals surface area contributed by atoms with Gasteiger partial charge in [0.2, 0.25) is 0 Å². The number of rotatable bonds is 5. The second-order valence-corrected chi connectivity index (χ2v) is 5.46. The van der Waals surface area contributed by atoms with Crippen molar-refractivity contribution in [2.45, 2.75) is 33.2 Å². The summed E-state index contributed by atoms with van der Waals surface area (Å²) < 4.78 is 0. The van der Waals surface area contributed by atoms with Crippen molar-refractivity contribution in [3.8, 4) is 0 Å². The zero-order valence-electron chi connectivity index (χ0n) is 11.3. The third-order valence-corrected chi connectivity index (χ3v) is 3.60. The molecule has 7 heteroatoms. The van der Waals surface area contributed by atoms with Gasteiger partial charge in [0.1, 0.15) is 0 Å². The smallest absolute Gasteiger partial charge is 0.261 e. The summed E-state index contributed by atoms with van der Waals surface area (Å²) in [5.41, 5.74) is 1.09. The molecule has 6 nitrogen and oxygen atoms in total. The number of amides is 1. The zero-order valence-corrected chi connectivity index (χ0v) is 12.1. The van der Waals surface area contributed by atoms with Crippen molar-refractivity contribution in [2.24, 2.45) is 0 Å². The third kappa shape index (κ3) is 3.37. The Kier molecular flexibility index (Phi) is 4.26. The summed E-state index contributed by atoms with van der Waals surface area (Å²) in [5, 5.41) is 16.5. The number of nitrogens with one attached hydrogen (secondary N) is 1. The minimum Gasteiger partial charge on any atom is -0.349 e. The molecule has 1 amide bonds. The molecule has 0 unspecified atom stereocenters. The van der Waals surface area contributed by atoms with Crippen LogP contribution in [0.3, 0.4) is 0 Å². The molecule has 2 heterocycles. The van der Waals surface area contributed by atoms with Crippen LogP contribution >= 0.6 is 11.3 Å². The number of carbonyl (C=O) groups excluding carboxylic acids is 1. The highest BCUT2D eigenvalue weighted by Gasteiger charge is 2.14. The van der Waals surface area contributed by atoms with Crippen LogP contribution in [-0.2, 0) is 6.54 Å². The lowest BCUT2D eigenvalue weighted by Gasteiger charge is -2.07. The molecule has 0 aliphatic heterocycles. The molecular weight excluding hydrogens is 262 g/mol. The van der Waals surface area contributed by atoms with Crippen LogP contribution in [0, 0.1) is 6.92 Å². The zero-order chi connectivity index (χ0) is 13.8. The Morgan fingerprint density at radius 2 is 2.32 bits per heavy atom. The quantitative estimate of drug-likeness (QED) is 0.902. The van der Waals surface area contributed by atoms with E-state index in [2.05, 4.69) is 34.6 Å². The molecule has 0 bridgehead atoms. The molecule has 2 rings (SSSR count). The van der Waals surface area contributed by atoms with Gasteiger partial charge in [0.25, 0.3) is 5.91 Å². The van der Waals surface area contributed by atoms with Gasteiger partial charge in [0.15, 0.2) is 5.82 Å². The van der Waals surface area contributed by atoms with Crippen molar-refractivity contribution >= 4 is 17.2 Å². The standard InChI is InChI=1S/C12H17N5OS/c1-8(2)10-4-7-19-11(10)12(18)13-5-6-17-15-9(3)14-16-17/h4,7-8H,5-6H2,1-3H3,(H,13,18). The summed E-state index contributed by atoms with van der Waals surface area (Å²) in [7, 11) is 0. The van der Waals surface area contributed by atoms with Crippen LogP contribution in [0.5, 0.6) is 0 Å². The molecule has 2 aromatic heterocycles. The molecule has 2 aromatic rings. The van der Waals surface area contributed by atoms with E-state index in [1.807, 2.05) is 11.4 Å². The van der Waals surface area contributed by atoms with E-state index in [4.69, 9.17) is 0 Å². The van der Waals surface area contributed by atoms with E-state index in [9.17, 15) is 4.79 Å². The SMILES string of the molecule is Cc1nnn(CCNC(=O)c2sccc2C(C)C)n1. The number of aryl methyl sites for hydroxylation is 1. The average molecular weight is 279 g/mol. The van der Waals surface area contributed by atoms with Crippen molar-refractivity contribution < 1.29 is 4.79 Å². The second kappa shape index (κ2) is 5.92. The first kappa shape index (κ1) is 13.7. The van der Waals surface area contributed by atoms with E-state index in [0.717, 1.165) is 10.4 Å². The molecule has 0 aliphatic rings. The predicted octanol–water partition coefficient (Wildman–Crippen LogP) is 1.60. The van der Waals surface area contributed by atoms with Crippen molar-refractivity contribution in [2.75, 3.05) is 6.54 Å². The largest absolute Gasteiger partial charge is 0.349 e. The van der Waals surface area contributed by atoms with Gasteiger partial charge < -0.3 is 5.32 Å². The van der Waals surface area contributed by atoms with E-state index < -0.39 is 0 Å². The molecule has 0 spiro atoms. The van der Waals surface area contributed by atoms with Gasteiger partial charge in [0, 0.05) is 6.54 Å². The van der Waals surface area contributed by atoms with Gasteiger partial charge in [-0.15, -0.1) is 21.5 Å². The summed E-state index contributed by atoms with van der Waals surface area (Å²) >= 11 is 1.47. The van der Waals surface area contributed by atoms with Gasteiger partial charge >= 0.3 is 0 Å². The Morgan fingerprint density at radius 3 is 2.95 bits per heavy atom. The Labute approximate surface area is 115 Å². The molecule has 1 N–H and O–H groups in total. The highest BCUT2D eigenvalue weighted by molar-refractivity contribution is 7.12. The van der Waals surface area contributed by atoms with Crippen molar-refractivity contribution in [1.29, 1.82) is 0 Å². The fourth-order valence-corrected chi connectivity index (χ4v) is 2.70. The summed E-state index contributed by atoms with van der Waals surface area (Å²) in [4.78, 5) is 14.3. The molecule has 0 aromatic carbocycles. The van der Waals surface area contributed by atoms with Gasteiger partial charge in [-0.2, -0.15) is 4.80 Å². The molecule has 102 valence electrons. The minimum atomic E-state index is -0.0319. The maximum atomic E-state index is 12.1. The number of hydrogen-bond donors (Lipinski definition) is 1. The summed E-state index contributed by atoms with van der Waals surface area (Å²) in [5.74, 6) is 0.953. The molecular formula is C12H17N5OS. The van der Waals surface area contributed by atoms with E-state index in [0.29, 0.717) is 24.8 Å². The first-order chi connectivity index (χ1) is 9.08. The second-order valence-electron chi connectivity index (χ2n) is 4.55. The minimum absolute atomic E-state index is 0.0319. The number of hydrogen-bond acceptors (Lipinski definition) is 5. The maximum absolute atomic E-state index is 12.1. The Balaban J connectivity index is 1.89. The van der Waals surface area contributed by atoms with E-state index in [1.54, 1.807) is 6.92 Å². The normalized spacial score (nSPS) is 10.9. The van der Waals surface area contributed by atoms with Gasteiger partial charge in [-0.3, -0.25) is 4.79 Å². The van der Waals surface area contributed by atoms with E-state index in [1.165, 1.54) is 16.1 Å². The lowest BCUT2D eigenvalue weighted by atomic mass is 10.0. The van der Waals surface area contributed by atoms with Crippen molar-refractivity contribution in [3.63, 3.8) is 0 Å². The molecule has 0 saturated heterocycles. The Bertz CT molecular complexity index is 560. The van der Waals surface area contributed by atoms with Crippen LogP contribution in [0.1, 0.15) is 40.8 Å². The van der Waals surface area contributed by atoms with Crippen molar-refractivity contribution in [1.82, 2.24) is 25.5 Å². The number of tetrazole rings is 1. The Morgan fingerprint density at radius 1 is 1.53 bits per heavy atom. The summed E-state index contributed by atoms with van der Waals surface area (Å²) in [6, 6.07) is 2.01. The van der Waals surface area contributed by atoms with Crippen LogP contribution in [-0.4, -0.2) is 32.7 Å². The first-order valence-corrected chi connectivity index (χ1v) is 7.06. The molecule has 19 heavy (non-hydrogen) atoms. The molecule has 0 atom stereocenters. The predicted molar refractivity (Wildman–Crippen MR) is 73.3 cm³/mol. The number of carbonyl (C=O) groups is 1. The first-order valence-electron chi connectivity index (χ1n) is 6.18. The van der Waals surface area contributed by atoms with Crippen LogP contribution in [0.15, 0.2) is 11.4 Å². The van der Waals surface area contributed by atoms with Gasteiger partial charge in [-0.05, 0) is 35.1 Å². The monoisotopic (exact) mass is 279 g/mol. The third-order valence-electron chi connectivity index (χ3n) is 2.67. The molecule has 0 fully saturated rings. The van der Waals surface area contributed by atoms with E-state index >= 15 is 0 Å². The van der Waals surface area contributed by atoms with Gasteiger partial charge in [0.05, 0.1) is 11.4 Å². The highest BCUT2D eigenvalue weighted by atomic mass is 32.1. The average Bonchev–Trinajstić information content (AvgIpc) is 2.97. The number of thiophene rings is 1. The number of nitrogens with zero attached hydrogens (tertiary/aromatic N) is 4. The Hall–Kier alpha value is -1.76. The number of aromatic nitrogens is 4. The lowest BCUT2D eigenvalue weighted by molar-refractivity contribution is 0.0954. The van der Waals surface area contributed by atoms with Crippen LogP contribution in [0.25, 0.3) is 0 Å². The summed E-state index contributed by atoms with van der Waals surface area (Å²) in [6.45, 7) is 6.96. The topological polar surface area (TPSA) is 72.7 Å². The van der Waals surface area contributed by atoms with Crippen LogP contribution in [0.4, 0.5) is 0 Å². The lowest BCUT2D eigenvalue weighted by Crippen LogP contribution is -2.28. The van der Waals surface area contributed by atoms with Crippen molar-refractivity contribution in [3.05, 3.63) is 27.7 Å². The summed E-state index contributed by atoms with van der Waals surface area (Å²) in [6.07, 6.45) is 0. The molecule has 0 radical (unpaired) electrons. The fraction of sp³-hybridized carbons (Fsp3) is 0.500. The van der Waals surface area contributed by atoms with Crippen LogP contribution < -0.4 is 5.32 Å². The molecule has 0 saturated carbocycles. The fourth-order valence-electron chi connectivity index (χ4n) is 1.73. The molecule has 0 aliphatic carbocycles. The van der Waals surface area contributed by atoms with Crippen LogP contribution in [0.2, 0.25) is 0 Å². The van der Waals surface area contributed by atoms with Gasteiger partial charge in [-0.1, -0.05) is 13.8 Å². The van der Waals surface area contributed by atoms with E-state index in [-0.39, 0.29) is 5.91 Å². The van der Waals surface area contributed by atoms with Gasteiger partial charge in [-0.25, -0.2) is 0 Å². The maximum Gasteiger partial charge on any atom is 0.261 e.